The van der Waals surface area contributed by atoms with Gasteiger partial charge in [-0.3, -0.25) is 5.10 Å². The average Bonchev–Trinajstić information content (AvgIpc) is 2.81. The normalized spacial score (nSPS) is 15.8. The molecule has 1 N–H and O–H groups in total. The van der Waals surface area contributed by atoms with Gasteiger partial charge >= 0.3 is 5.97 Å². The first-order valence-electron chi connectivity index (χ1n) is 4.42. The van der Waals surface area contributed by atoms with Gasteiger partial charge in [-0.15, -0.1) is 0 Å². The Balaban J connectivity index is 2.03. The maximum absolute atomic E-state index is 11.0. The summed E-state index contributed by atoms with van der Waals surface area (Å²) in [6.07, 6.45) is 3.60. The maximum Gasteiger partial charge on any atom is 0.358 e. The third-order valence-electron chi connectivity index (χ3n) is 2.23. The highest BCUT2D eigenvalue weighted by atomic mass is 16.5. The van der Waals surface area contributed by atoms with Crippen molar-refractivity contribution in [3.63, 3.8) is 0 Å². The molecule has 4 heteroatoms. The van der Waals surface area contributed by atoms with Crippen LogP contribution in [0.4, 0.5) is 0 Å². The molecule has 0 unspecified atom stereocenters. The summed E-state index contributed by atoms with van der Waals surface area (Å²) in [5, 5.41) is 6.71. The van der Waals surface area contributed by atoms with Gasteiger partial charge in [0.1, 0.15) is 0 Å². The van der Waals surface area contributed by atoms with Crippen LogP contribution in [0.2, 0.25) is 0 Å². The Morgan fingerprint density at radius 1 is 1.77 bits per heavy atom. The number of carbonyl (C=O) groups is 1. The van der Waals surface area contributed by atoms with E-state index < -0.39 is 0 Å². The number of H-pyrrole nitrogens is 1. The minimum atomic E-state index is -0.377. The maximum atomic E-state index is 11.0. The first kappa shape index (κ1) is 8.29. The van der Waals surface area contributed by atoms with Crippen molar-refractivity contribution in [1.29, 1.82) is 0 Å². The van der Waals surface area contributed by atoms with Crippen LogP contribution in [0.25, 0.3) is 0 Å². The highest BCUT2D eigenvalue weighted by molar-refractivity contribution is 5.87. The molecular formula is C9H12N2O2. The number of aromatic nitrogens is 2. The van der Waals surface area contributed by atoms with Crippen LogP contribution in [-0.2, 0) is 11.2 Å². The van der Waals surface area contributed by atoms with E-state index >= 15 is 0 Å². The lowest BCUT2D eigenvalue weighted by Gasteiger charge is -1.90. The predicted octanol–water partition coefficient (Wildman–Crippen LogP) is 1.15. The summed E-state index contributed by atoms with van der Waals surface area (Å²) in [5.74, 6) is 0.421. The molecule has 1 aromatic heterocycles. The molecule has 70 valence electrons. The van der Waals surface area contributed by atoms with Crippen LogP contribution in [0.1, 0.15) is 29.0 Å². The number of nitrogens with one attached hydrogen (secondary N) is 1. The first-order valence-corrected chi connectivity index (χ1v) is 4.42. The van der Waals surface area contributed by atoms with Gasteiger partial charge in [-0.25, -0.2) is 4.79 Å². The second-order valence-corrected chi connectivity index (χ2v) is 3.42. The van der Waals surface area contributed by atoms with Crippen LogP contribution in [0, 0.1) is 5.92 Å². The molecule has 0 aromatic carbocycles. The standard InChI is InChI=1S/C9H12N2O2/c1-13-9(12)8-5-7(10-11-8)4-6-2-3-6/h5-6H,2-4H2,1H3,(H,10,11). The second-order valence-electron chi connectivity index (χ2n) is 3.42. The number of carbonyl (C=O) groups excluding carboxylic acids is 1. The molecule has 4 nitrogen and oxygen atoms in total. The summed E-state index contributed by atoms with van der Waals surface area (Å²) in [6, 6.07) is 1.77. The minimum absolute atomic E-state index is 0.373. The first-order chi connectivity index (χ1) is 6.29. The summed E-state index contributed by atoms with van der Waals surface area (Å²) >= 11 is 0. The number of hydrogen-bond donors (Lipinski definition) is 1. The van der Waals surface area contributed by atoms with E-state index in [0.717, 1.165) is 18.0 Å². The minimum Gasteiger partial charge on any atom is -0.464 e. The zero-order valence-electron chi connectivity index (χ0n) is 7.54. The molecule has 1 aliphatic carbocycles. The van der Waals surface area contributed by atoms with Crippen LogP contribution >= 0.6 is 0 Å². The Labute approximate surface area is 76.3 Å². The average molecular weight is 180 g/mol. The lowest BCUT2D eigenvalue weighted by atomic mass is 10.2. The second kappa shape index (κ2) is 3.20. The largest absolute Gasteiger partial charge is 0.464 e. The molecule has 1 aromatic rings. The van der Waals surface area contributed by atoms with Crippen LogP contribution in [0.15, 0.2) is 6.07 Å². The van der Waals surface area contributed by atoms with Gasteiger partial charge in [-0.1, -0.05) is 0 Å². The summed E-state index contributed by atoms with van der Waals surface area (Å²) in [5.41, 5.74) is 1.40. The van der Waals surface area contributed by atoms with E-state index in [0.29, 0.717) is 5.69 Å². The van der Waals surface area contributed by atoms with Gasteiger partial charge < -0.3 is 4.74 Å². The Morgan fingerprint density at radius 3 is 3.15 bits per heavy atom. The third kappa shape index (κ3) is 1.88. The van der Waals surface area contributed by atoms with Crippen LogP contribution in [0.3, 0.4) is 0 Å². The molecule has 0 radical (unpaired) electrons. The van der Waals surface area contributed by atoms with Gasteiger partial charge in [-0.05, 0) is 31.2 Å². The molecule has 1 heterocycles. The zero-order valence-corrected chi connectivity index (χ0v) is 7.54. The van der Waals surface area contributed by atoms with Crippen molar-refractivity contribution in [3.8, 4) is 0 Å². The summed E-state index contributed by atoms with van der Waals surface area (Å²) in [4.78, 5) is 11.0. The quantitative estimate of drug-likeness (QED) is 0.710. The highest BCUT2D eigenvalue weighted by Crippen LogP contribution is 2.32. The van der Waals surface area contributed by atoms with Gasteiger partial charge in [0.25, 0.3) is 0 Å². The molecule has 2 rings (SSSR count). The van der Waals surface area contributed by atoms with Gasteiger partial charge in [-0.2, -0.15) is 5.10 Å². The number of ether oxygens (including phenoxy) is 1. The van der Waals surface area contributed by atoms with Crippen molar-refractivity contribution in [2.24, 2.45) is 5.92 Å². The molecule has 0 saturated heterocycles. The number of nitrogens with zero attached hydrogens (tertiary/aromatic N) is 1. The molecule has 1 saturated carbocycles. The Hall–Kier alpha value is -1.32. The van der Waals surface area contributed by atoms with Crippen molar-refractivity contribution in [2.75, 3.05) is 7.11 Å². The Kier molecular flexibility index (Phi) is 2.04. The van der Waals surface area contributed by atoms with Crippen molar-refractivity contribution in [2.45, 2.75) is 19.3 Å². The van der Waals surface area contributed by atoms with Gasteiger partial charge in [0.05, 0.1) is 7.11 Å². The van der Waals surface area contributed by atoms with Crippen LogP contribution in [-0.4, -0.2) is 23.3 Å². The molecule has 0 atom stereocenters. The fourth-order valence-electron chi connectivity index (χ4n) is 1.31. The van der Waals surface area contributed by atoms with Crippen molar-refractivity contribution >= 4 is 5.97 Å². The number of hydrogen-bond acceptors (Lipinski definition) is 3. The fourth-order valence-corrected chi connectivity index (χ4v) is 1.31. The molecule has 13 heavy (non-hydrogen) atoms. The molecule has 0 bridgehead atoms. The van der Waals surface area contributed by atoms with E-state index in [2.05, 4.69) is 14.9 Å². The number of aromatic amines is 1. The number of methoxy groups -OCH3 is 1. The summed E-state index contributed by atoms with van der Waals surface area (Å²) in [6.45, 7) is 0. The smallest absolute Gasteiger partial charge is 0.358 e. The molecule has 0 aliphatic heterocycles. The van der Waals surface area contributed by atoms with Crippen molar-refractivity contribution < 1.29 is 9.53 Å². The van der Waals surface area contributed by atoms with E-state index in [9.17, 15) is 4.79 Å². The van der Waals surface area contributed by atoms with E-state index in [1.54, 1.807) is 6.07 Å². The topological polar surface area (TPSA) is 55.0 Å². The SMILES string of the molecule is COC(=O)c1cc(CC2CC2)[nH]n1. The van der Waals surface area contributed by atoms with Crippen LogP contribution in [0.5, 0.6) is 0 Å². The highest BCUT2D eigenvalue weighted by Gasteiger charge is 2.23. The molecule has 0 amide bonds. The number of rotatable bonds is 3. The lowest BCUT2D eigenvalue weighted by Crippen LogP contribution is -2.00. The monoisotopic (exact) mass is 180 g/mol. The molecule has 1 aliphatic rings. The van der Waals surface area contributed by atoms with E-state index in [1.165, 1.54) is 20.0 Å². The number of esters is 1. The predicted molar refractivity (Wildman–Crippen MR) is 46.4 cm³/mol. The third-order valence-corrected chi connectivity index (χ3v) is 2.23. The molecule has 0 spiro atoms. The molecular weight excluding hydrogens is 168 g/mol. The van der Waals surface area contributed by atoms with Gasteiger partial charge in [0.2, 0.25) is 0 Å². The van der Waals surface area contributed by atoms with Crippen LogP contribution < -0.4 is 0 Å². The van der Waals surface area contributed by atoms with E-state index in [4.69, 9.17) is 0 Å². The molecule has 1 fully saturated rings. The Morgan fingerprint density at radius 2 is 2.54 bits per heavy atom. The summed E-state index contributed by atoms with van der Waals surface area (Å²) < 4.78 is 4.55. The fraction of sp³-hybridized carbons (Fsp3) is 0.556. The van der Waals surface area contributed by atoms with E-state index in [1.807, 2.05) is 0 Å². The zero-order chi connectivity index (χ0) is 9.26. The van der Waals surface area contributed by atoms with E-state index in [-0.39, 0.29) is 5.97 Å². The van der Waals surface area contributed by atoms with Crippen molar-refractivity contribution in [3.05, 3.63) is 17.5 Å². The Bertz CT molecular complexity index is 315. The lowest BCUT2D eigenvalue weighted by molar-refractivity contribution is 0.0594. The van der Waals surface area contributed by atoms with Crippen molar-refractivity contribution in [1.82, 2.24) is 10.2 Å². The van der Waals surface area contributed by atoms with Gasteiger partial charge in [0, 0.05) is 5.69 Å². The van der Waals surface area contributed by atoms with Gasteiger partial charge in [0.15, 0.2) is 5.69 Å². The summed E-state index contributed by atoms with van der Waals surface area (Å²) in [7, 11) is 1.36.